The topological polar surface area (TPSA) is 72.0 Å². The van der Waals surface area contributed by atoms with E-state index in [2.05, 4.69) is 9.97 Å². The summed E-state index contributed by atoms with van der Waals surface area (Å²) in [6, 6.07) is 7.77. The lowest BCUT2D eigenvalue weighted by molar-refractivity contribution is 0.0605. The zero-order chi connectivity index (χ0) is 20.0. The highest BCUT2D eigenvalue weighted by atomic mass is 35.5. The third kappa shape index (κ3) is 3.14. The van der Waals surface area contributed by atoms with Gasteiger partial charge in [0, 0.05) is 15.0 Å². The highest BCUT2D eigenvalue weighted by molar-refractivity contribution is 7.21. The summed E-state index contributed by atoms with van der Waals surface area (Å²) >= 11 is 15.5. The van der Waals surface area contributed by atoms with Crippen molar-refractivity contribution in [3.05, 3.63) is 60.8 Å². The van der Waals surface area contributed by atoms with Crippen LogP contribution in [0.15, 0.2) is 29.1 Å². The number of hydrogen-bond donors (Lipinski definition) is 1. The van der Waals surface area contributed by atoms with Gasteiger partial charge < -0.3 is 9.72 Å². The lowest BCUT2D eigenvalue weighted by Crippen LogP contribution is -2.10. The van der Waals surface area contributed by atoms with E-state index in [9.17, 15) is 9.59 Å². The first kappa shape index (κ1) is 19.1. The minimum Gasteiger partial charge on any atom is -0.465 e. The molecule has 0 fully saturated rings. The average molecular weight is 451 g/mol. The number of carbonyl (C=O) groups excluding carboxylic acids is 1. The van der Waals surface area contributed by atoms with Crippen molar-refractivity contribution in [2.75, 3.05) is 7.11 Å². The smallest absolute Gasteiger partial charge is 0.348 e. The normalized spacial score (nSPS) is 12.1. The van der Waals surface area contributed by atoms with Crippen LogP contribution in [0.2, 0.25) is 5.02 Å². The Morgan fingerprint density at radius 1 is 1.29 bits per heavy atom. The summed E-state index contributed by atoms with van der Waals surface area (Å²) in [7, 11) is 1.30. The number of rotatable bonds is 3. The minimum absolute atomic E-state index is 0.213. The molecule has 4 rings (SSSR count). The Kier molecular flexibility index (Phi) is 5.01. The van der Waals surface area contributed by atoms with Gasteiger partial charge in [0.25, 0.3) is 5.56 Å². The van der Waals surface area contributed by atoms with Crippen molar-refractivity contribution in [1.82, 2.24) is 9.97 Å². The van der Waals surface area contributed by atoms with E-state index < -0.39 is 5.97 Å². The number of aryl methyl sites for hydroxylation is 1. The first-order valence-corrected chi connectivity index (χ1v) is 10.5. The summed E-state index contributed by atoms with van der Waals surface area (Å²) in [4.78, 5) is 33.1. The Labute approximate surface area is 177 Å². The van der Waals surface area contributed by atoms with E-state index >= 15 is 0 Å². The molecule has 0 spiro atoms. The van der Waals surface area contributed by atoms with Gasteiger partial charge in [-0.1, -0.05) is 41.4 Å². The van der Waals surface area contributed by atoms with Crippen molar-refractivity contribution < 1.29 is 9.53 Å². The number of nitrogens with one attached hydrogen (secondary N) is 1. The van der Waals surface area contributed by atoms with E-state index in [0.29, 0.717) is 25.7 Å². The van der Waals surface area contributed by atoms with Crippen LogP contribution in [0.5, 0.6) is 0 Å². The number of ether oxygens (including phenoxy) is 1. The van der Waals surface area contributed by atoms with Crippen LogP contribution >= 0.6 is 45.9 Å². The second-order valence-electron chi connectivity index (χ2n) is 5.91. The van der Waals surface area contributed by atoms with Crippen molar-refractivity contribution in [3.63, 3.8) is 0 Å². The molecule has 0 aliphatic rings. The van der Waals surface area contributed by atoms with Crippen LogP contribution in [0.1, 0.15) is 25.9 Å². The molecule has 28 heavy (non-hydrogen) atoms. The molecule has 0 bridgehead atoms. The summed E-state index contributed by atoms with van der Waals surface area (Å²) in [6.07, 6.45) is 1.68. The number of aromatic nitrogens is 2. The Hall–Kier alpha value is -2.19. The second-order valence-corrected chi connectivity index (χ2v) is 8.78. The standard InChI is InChI=1S/C19H12Cl2N2O3S2/c1-8-13-17(24)22-16(23-18(13)28-15(8)19(25)26-2)10(20)7-12-14(21)9-5-3-4-6-11(9)27-12/h3-7H,1-2H3,(H,22,23,24). The van der Waals surface area contributed by atoms with Gasteiger partial charge in [-0.15, -0.1) is 22.7 Å². The molecule has 5 nitrogen and oxygen atoms in total. The third-order valence-electron chi connectivity index (χ3n) is 4.22. The predicted octanol–water partition coefficient (Wildman–Crippen LogP) is 5.68. The number of nitrogens with zero attached hydrogens (tertiary/aromatic N) is 1. The number of thiophene rings is 2. The first-order valence-electron chi connectivity index (χ1n) is 8.07. The Morgan fingerprint density at radius 3 is 2.75 bits per heavy atom. The van der Waals surface area contributed by atoms with Gasteiger partial charge in [0.15, 0.2) is 5.82 Å². The first-order chi connectivity index (χ1) is 13.4. The molecule has 0 atom stereocenters. The molecule has 0 amide bonds. The molecule has 3 aromatic heterocycles. The Bertz CT molecular complexity index is 1330. The van der Waals surface area contributed by atoms with Crippen molar-refractivity contribution in [2.24, 2.45) is 0 Å². The maximum absolute atomic E-state index is 12.6. The van der Waals surface area contributed by atoms with Gasteiger partial charge in [0.1, 0.15) is 9.71 Å². The lowest BCUT2D eigenvalue weighted by atomic mass is 10.2. The van der Waals surface area contributed by atoms with E-state index in [0.717, 1.165) is 26.3 Å². The average Bonchev–Trinajstić information content (AvgIpc) is 3.19. The fourth-order valence-corrected chi connectivity index (χ4v) is 5.65. The van der Waals surface area contributed by atoms with Crippen molar-refractivity contribution in [3.8, 4) is 0 Å². The molecular formula is C19H12Cl2N2O3S2. The lowest BCUT2D eigenvalue weighted by Gasteiger charge is -1.99. The van der Waals surface area contributed by atoms with Crippen LogP contribution in [0.25, 0.3) is 31.4 Å². The molecular weight excluding hydrogens is 439 g/mol. The Morgan fingerprint density at radius 2 is 2.04 bits per heavy atom. The number of fused-ring (bicyclic) bond motifs is 2. The summed E-state index contributed by atoms with van der Waals surface area (Å²) < 4.78 is 5.80. The zero-order valence-electron chi connectivity index (χ0n) is 14.6. The van der Waals surface area contributed by atoms with Crippen LogP contribution in [0.3, 0.4) is 0 Å². The third-order valence-corrected chi connectivity index (χ3v) is 7.31. The zero-order valence-corrected chi connectivity index (χ0v) is 17.8. The van der Waals surface area contributed by atoms with Crippen LogP contribution < -0.4 is 5.56 Å². The maximum atomic E-state index is 12.6. The van der Waals surface area contributed by atoms with E-state index in [1.165, 1.54) is 18.4 Å². The van der Waals surface area contributed by atoms with Gasteiger partial charge in [0.05, 0.1) is 22.6 Å². The fourth-order valence-electron chi connectivity index (χ4n) is 2.85. The summed E-state index contributed by atoms with van der Waals surface area (Å²) in [6.45, 7) is 1.69. The van der Waals surface area contributed by atoms with E-state index in [1.807, 2.05) is 24.3 Å². The molecule has 0 unspecified atom stereocenters. The summed E-state index contributed by atoms with van der Waals surface area (Å²) in [5, 5.41) is 2.15. The molecule has 0 aliphatic carbocycles. The highest BCUT2D eigenvalue weighted by Gasteiger charge is 2.20. The van der Waals surface area contributed by atoms with Crippen LogP contribution in [-0.2, 0) is 4.74 Å². The molecule has 0 radical (unpaired) electrons. The number of hydrogen-bond acceptors (Lipinski definition) is 6. The van der Waals surface area contributed by atoms with Gasteiger partial charge in [0.2, 0.25) is 0 Å². The van der Waals surface area contributed by atoms with E-state index in [4.69, 9.17) is 27.9 Å². The predicted molar refractivity (Wildman–Crippen MR) is 117 cm³/mol. The van der Waals surface area contributed by atoms with E-state index in [1.54, 1.807) is 13.0 Å². The molecule has 0 saturated heterocycles. The quantitative estimate of drug-likeness (QED) is 0.407. The number of esters is 1. The van der Waals surface area contributed by atoms with Crippen LogP contribution in [-0.4, -0.2) is 23.0 Å². The highest BCUT2D eigenvalue weighted by Crippen LogP contribution is 2.38. The number of methoxy groups -OCH3 is 1. The largest absolute Gasteiger partial charge is 0.465 e. The second kappa shape index (κ2) is 7.33. The molecule has 0 aliphatic heterocycles. The molecule has 0 saturated carbocycles. The number of H-pyrrole nitrogens is 1. The molecule has 142 valence electrons. The van der Waals surface area contributed by atoms with Crippen molar-refractivity contribution >= 4 is 83.3 Å². The van der Waals surface area contributed by atoms with E-state index in [-0.39, 0.29) is 16.4 Å². The molecule has 3 heterocycles. The van der Waals surface area contributed by atoms with Crippen molar-refractivity contribution in [1.29, 1.82) is 0 Å². The van der Waals surface area contributed by atoms with Gasteiger partial charge in [-0.3, -0.25) is 4.79 Å². The summed E-state index contributed by atoms with van der Waals surface area (Å²) in [5.41, 5.74) is 0.178. The molecule has 4 aromatic rings. The van der Waals surface area contributed by atoms with Gasteiger partial charge in [-0.25, -0.2) is 9.78 Å². The molecule has 1 N–H and O–H groups in total. The number of aromatic amines is 1. The van der Waals surface area contributed by atoms with Gasteiger partial charge in [-0.2, -0.15) is 0 Å². The molecule has 1 aromatic carbocycles. The fraction of sp³-hybridized carbons (Fsp3) is 0.105. The van der Waals surface area contributed by atoms with Gasteiger partial charge >= 0.3 is 5.97 Å². The van der Waals surface area contributed by atoms with Crippen molar-refractivity contribution in [2.45, 2.75) is 6.92 Å². The molecule has 9 heteroatoms. The SMILES string of the molecule is COC(=O)c1sc2nc(C(Cl)=Cc3sc4ccccc4c3Cl)[nH]c(=O)c2c1C. The van der Waals surface area contributed by atoms with Crippen LogP contribution in [0, 0.1) is 6.92 Å². The number of carbonyl (C=O) groups is 1. The number of halogens is 2. The monoisotopic (exact) mass is 450 g/mol. The van der Waals surface area contributed by atoms with Crippen LogP contribution in [0.4, 0.5) is 0 Å². The minimum atomic E-state index is -0.500. The number of benzene rings is 1. The Balaban J connectivity index is 1.84. The maximum Gasteiger partial charge on any atom is 0.348 e. The van der Waals surface area contributed by atoms with Gasteiger partial charge in [-0.05, 0) is 24.6 Å². The summed E-state index contributed by atoms with van der Waals surface area (Å²) in [5.74, 6) is -0.287.